The number of benzene rings is 1. The van der Waals surface area contributed by atoms with Crippen LogP contribution in [0, 0.1) is 43.5 Å². The van der Waals surface area contributed by atoms with Crippen molar-refractivity contribution in [2.24, 2.45) is 0 Å². The second-order valence-corrected chi connectivity index (χ2v) is 6.00. The number of nitrogens with zero attached hydrogens (tertiary/aromatic N) is 2. The van der Waals surface area contributed by atoms with Gasteiger partial charge in [-0.1, -0.05) is 35.0 Å². The molecule has 130 valence electrons. The molecule has 0 N–H and O–H groups in total. The topological polar surface area (TPSA) is 86.3 Å². The first-order chi connectivity index (χ1) is 11.0. The molecule has 1 aromatic carbocycles. The smallest absolute Gasteiger partial charge is 0.258 e. The molecule has 1 aromatic rings. The van der Waals surface area contributed by atoms with Crippen LogP contribution in [-0.2, 0) is 0 Å². The number of hydrogen-bond donors (Lipinski definition) is 0. The Bertz CT molecular complexity index is 777. The van der Waals surface area contributed by atoms with Gasteiger partial charge in [-0.05, 0) is 11.6 Å². The second-order valence-electron chi connectivity index (χ2n) is 3.64. The molecule has 0 saturated heterocycles. The summed E-state index contributed by atoms with van der Waals surface area (Å²) in [7, 11) is 0. The van der Waals surface area contributed by atoms with E-state index in [-0.39, 0.29) is 17.8 Å². The van der Waals surface area contributed by atoms with E-state index in [1.165, 1.54) is 0 Å². The first-order valence-electron chi connectivity index (χ1n) is 5.24. The first kappa shape index (κ1) is 20.5. The van der Waals surface area contributed by atoms with Gasteiger partial charge in [0.25, 0.3) is 0 Å². The molecular formula is C10HCl3F4N2O4S. The summed E-state index contributed by atoms with van der Waals surface area (Å²) in [4.78, 5) is 17.4. The van der Waals surface area contributed by atoms with Crippen molar-refractivity contribution in [3.8, 4) is 0 Å². The normalized spacial score (nSPS) is 13.3. The molecule has 0 radical (unpaired) electrons. The molecule has 0 spiro atoms. The van der Waals surface area contributed by atoms with Gasteiger partial charge in [0.2, 0.25) is 5.03 Å². The van der Waals surface area contributed by atoms with Crippen LogP contribution in [0.3, 0.4) is 0 Å². The van der Waals surface area contributed by atoms with E-state index in [1.54, 1.807) is 0 Å². The van der Waals surface area contributed by atoms with Crippen LogP contribution in [0.1, 0.15) is 0 Å². The third kappa shape index (κ3) is 4.29. The minimum absolute atomic E-state index is 0.0861. The Balaban J connectivity index is 3.55. The van der Waals surface area contributed by atoms with E-state index in [9.17, 15) is 37.8 Å². The molecule has 0 heterocycles. The molecule has 1 rings (SSSR count). The van der Waals surface area contributed by atoms with Gasteiger partial charge in [0, 0.05) is 6.07 Å². The van der Waals surface area contributed by atoms with Gasteiger partial charge in [-0.2, -0.15) is 0 Å². The number of halogens is 7. The van der Waals surface area contributed by atoms with Crippen LogP contribution < -0.4 is 0 Å². The van der Waals surface area contributed by atoms with Crippen molar-refractivity contribution in [1.82, 2.24) is 0 Å². The van der Waals surface area contributed by atoms with E-state index in [1.807, 2.05) is 0 Å². The zero-order valence-electron chi connectivity index (χ0n) is 10.7. The SMILES string of the molecule is O=[N+]([O-])/C(Cl)=C(Cl)\C(=C(\Cl)Sc1c(F)c(F)cc(F)c1F)[N+](=O)[O-]. The Kier molecular flexibility index (Phi) is 6.84. The van der Waals surface area contributed by atoms with Gasteiger partial charge >= 0.3 is 10.9 Å². The Hall–Kier alpha value is -1.56. The lowest BCUT2D eigenvalue weighted by molar-refractivity contribution is -0.428. The Morgan fingerprint density at radius 1 is 0.958 bits per heavy atom. The molecular weight excluding hydrogens is 427 g/mol. The predicted molar refractivity (Wildman–Crippen MR) is 77.7 cm³/mol. The average molecular weight is 428 g/mol. The van der Waals surface area contributed by atoms with Crippen molar-refractivity contribution < 1.29 is 27.4 Å². The second kappa shape index (κ2) is 8.01. The Labute approximate surface area is 149 Å². The van der Waals surface area contributed by atoms with E-state index in [0.29, 0.717) is 0 Å². The van der Waals surface area contributed by atoms with Crippen molar-refractivity contribution in [2.45, 2.75) is 4.90 Å². The lowest BCUT2D eigenvalue weighted by Gasteiger charge is -2.06. The monoisotopic (exact) mass is 426 g/mol. The quantitative estimate of drug-likeness (QED) is 0.126. The van der Waals surface area contributed by atoms with E-state index >= 15 is 0 Å². The fourth-order valence-electron chi connectivity index (χ4n) is 1.19. The third-order valence-electron chi connectivity index (χ3n) is 2.18. The maximum Gasteiger partial charge on any atom is 0.362 e. The van der Waals surface area contributed by atoms with Gasteiger partial charge in [0.1, 0.15) is 0 Å². The van der Waals surface area contributed by atoms with Crippen molar-refractivity contribution in [2.75, 3.05) is 0 Å². The van der Waals surface area contributed by atoms with Crippen molar-refractivity contribution in [3.63, 3.8) is 0 Å². The molecule has 0 amide bonds. The number of hydrogen-bond acceptors (Lipinski definition) is 5. The summed E-state index contributed by atoms with van der Waals surface area (Å²) in [6, 6.07) is -0.0861. The van der Waals surface area contributed by atoms with E-state index in [2.05, 4.69) is 0 Å². The van der Waals surface area contributed by atoms with Gasteiger partial charge in [-0.25, -0.2) is 17.6 Å². The summed E-state index contributed by atoms with van der Waals surface area (Å²) in [5.41, 5.74) is -1.38. The molecule has 6 nitrogen and oxygen atoms in total. The molecule has 24 heavy (non-hydrogen) atoms. The lowest BCUT2D eigenvalue weighted by atomic mass is 10.3. The molecule has 0 atom stereocenters. The van der Waals surface area contributed by atoms with Crippen LogP contribution >= 0.6 is 46.6 Å². The maximum atomic E-state index is 13.5. The fourth-order valence-corrected chi connectivity index (χ4v) is 2.84. The molecule has 14 heteroatoms. The zero-order chi connectivity index (χ0) is 18.8. The van der Waals surface area contributed by atoms with Crippen LogP contribution in [-0.4, -0.2) is 9.85 Å². The zero-order valence-corrected chi connectivity index (χ0v) is 13.7. The largest absolute Gasteiger partial charge is 0.362 e. The maximum absolute atomic E-state index is 13.5. The summed E-state index contributed by atoms with van der Waals surface area (Å²) < 4.78 is 52.1. The minimum Gasteiger partial charge on any atom is -0.258 e. The average Bonchev–Trinajstić information content (AvgIpc) is 2.48. The number of allylic oxidation sites excluding steroid dienone is 1. The van der Waals surface area contributed by atoms with Crippen molar-refractivity contribution in [1.29, 1.82) is 0 Å². The highest BCUT2D eigenvalue weighted by Gasteiger charge is 2.32. The van der Waals surface area contributed by atoms with Crippen LogP contribution in [0.4, 0.5) is 17.6 Å². The summed E-state index contributed by atoms with van der Waals surface area (Å²) in [5.74, 6) is -7.32. The summed E-state index contributed by atoms with van der Waals surface area (Å²) >= 11 is 15.7. The Morgan fingerprint density at radius 2 is 1.42 bits per heavy atom. The highest BCUT2D eigenvalue weighted by atomic mass is 35.5. The van der Waals surface area contributed by atoms with Gasteiger partial charge < -0.3 is 0 Å². The van der Waals surface area contributed by atoms with Crippen LogP contribution in [0.5, 0.6) is 0 Å². The number of rotatable bonds is 5. The van der Waals surface area contributed by atoms with Gasteiger partial charge in [0.05, 0.1) is 14.7 Å². The third-order valence-corrected chi connectivity index (χ3v) is 4.31. The summed E-state index contributed by atoms with van der Waals surface area (Å²) in [5, 5.41) is 18.7. The molecule has 0 aliphatic carbocycles. The highest BCUT2D eigenvalue weighted by molar-refractivity contribution is 8.04. The van der Waals surface area contributed by atoms with Crippen LogP contribution in [0.2, 0.25) is 0 Å². The molecule has 0 aliphatic heterocycles. The highest BCUT2D eigenvalue weighted by Crippen LogP contribution is 2.40. The van der Waals surface area contributed by atoms with Gasteiger partial charge in [-0.3, -0.25) is 20.2 Å². The number of nitro groups is 2. The van der Waals surface area contributed by atoms with Gasteiger partial charge in [0.15, 0.2) is 27.6 Å². The van der Waals surface area contributed by atoms with Crippen LogP contribution in [0.25, 0.3) is 0 Å². The molecule has 0 aromatic heterocycles. The first-order valence-corrected chi connectivity index (χ1v) is 7.19. The Morgan fingerprint density at radius 3 is 1.79 bits per heavy atom. The molecule has 0 aliphatic rings. The lowest BCUT2D eigenvalue weighted by Crippen LogP contribution is -2.05. The molecule has 0 saturated carbocycles. The fraction of sp³-hybridized carbons (Fsp3) is 0. The van der Waals surface area contributed by atoms with E-state index in [4.69, 9.17) is 34.8 Å². The standard InChI is InChI=1S/C10HCl3F4N2O4S/c11-4(9(12)19(22)23)7(18(20)21)10(13)24-8-5(16)2(14)1-3(15)6(8)17/h1H/b9-4+,10-7+. The molecule has 0 bridgehead atoms. The van der Waals surface area contributed by atoms with Crippen molar-refractivity contribution in [3.05, 3.63) is 69.8 Å². The number of thioether (sulfide) groups is 1. The van der Waals surface area contributed by atoms with E-state index < -0.39 is 58.3 Å². The van der Waals surface area contributed by atoms with Gasteiger partial charge in [-0.15, -0.1) is 0 Å². The van der Waals surface area contributed by atoms with Crippen LogP contribution in [0.15, 0.2) is 31.2 Å². The summed E-state index contributed by atoms with van der Waals surface area (Å²) in [6.45, 7) is 0. The van der Waals surface area contributed by atoms with E-state index in [0.717, 1.165) is 0 Å². The molecule has 0 fully saturated rings. The summed E-state index contributed by atoms with van der Waals surface area (Å²) in [6.07, 6.45) is 0. The van der Waals surface area contributed by atoms with Crippen molar-refractivity contribution >= 4 is 46.6 Å². The predicted octanol–water partition coefficient (Wildman–Crippen LogP) is 4.94. The minimum atomic E-state index is -1.87. The molecule has 0 unspecified atom stereocenters.